The summed E-state index contributed by atoms with van der Waals surface area (Å²) in [5.41, 5.74) is 0.472. The second-order valence-electron chi connectivity index (χ2n) is 7.42. The van der Waals surface area contributed by atoms with E-state index in [-0.39, 0.29) is 11.9 Å². The number of carbonyl (C=O) groups is 2. The SMILES string of the molecule is CCOC(=O)c1ccc(N2CCC(C(=O)N3CCCC(C)C3)CC2)nc1. The quantitative estimate of drug-likeness (QED) is 0.774. The van der Waals surface area contributed by atoms with Crippen LogP contribution in [0, 0.1) is 11.8 Å². The minimum Gasteiger partial charge on any atom is -0.462 e. The van der Waals surface area contributed by atoms with Gasteiger partial charge >= 0.3 is 5.97 Å². The third-order valence-electron chi connectivity index (χ3n) is 5.40. The molecule has 1 aromatic heterocycles. The summed E-state index contributed by atoms with van der Waals surface area (Å²) in [6.07, 6.45) is 5.66. The van der Waals surface area contributed by atoms with E-state index >= 15 is 0 Å². The highest BCUT2D eigenvalue weighted by atomic mass is 16.5. The highest BCUT2D eigenvalue weighted by Crippen LogP contribution is 2.25. The molecule has 1 atom stereocenters. The maximum atomic E-state index is 12.8. The third kappa shape index (κ3) is 4.34. The van der Waals surface area contributed by atoms with Crippen molar-refractivity contribution in [2.45, 2.75) is 39.5 Å². The minimum absolute atomic E-state index is 0.135. The van der Waals surface area contributed by atoms with E-state index in [2.05, 4.69) is 21.7 Å². The molecule has 142 valence electrons. The normalized spacial score (nSPS) is 21.5. The van der Waals surface area contributed by atoms with E-state index in [9.17, 15) is 9.59 Å². The molecule has 0 radical (unpaired) electrons. The number of pyridine rings is 1. The fraction of sp³-hybridized carbons (Fsp3) is 0.650. The number of piperidine rings is 2. The third-order valence-corrected chi connectivity index (χ3v) is 5.40. The van der Waals surface area contributed by atoms with Crippen molar-refractivity contribution in [2.24, 2.45) is 11.8 Å². The zero-order valence-corrected chi connectivity index (χ0v) is 15.8. The molecule has 3 heterocycles. The zero-order valence-electron chi connectivity index (χ0n) is 15.8. The van der Waals surface area contributed by atoms with Crippen LogP contribution in [0.2, 0.25) is 0 Å². The predicted molar refractivity (Wildman–Crippen MR) is 100 cm³/mol. The molecule has 1 unspecified atom stereocenters. The van der Waals surface area contributed by atoms with Gasteiger partial charge in [-0.2, -0.15) is 0 Å². The van der Waals surface area contributed by atoms with Crippen molar-refractivity contribution >= 4 is 17.7 Å². The summed E-state index contributed by atoms with van der Waals surface area (Å²) in [5.74, 6) is 1.61. The number of amides is 1. The average molecular weight is 359 g/mol. The summed E-state index contributed by atoms with van der Waals surface area (Å²) in [5, 5.41) is 0. The highest BCUT2D eigenvalue weighted by molar-refractivity contribution is 5.89. The van der Waals surface area contributed by atoms with E-state index in [1.807, 2.05) is 6.07 Å². The van der Waals surface area contributed by atoms with Crippen LogP contribution in [0.1, 0.15) is 49.9 Å². The van der Waals surface area contributed by atoms with Gasteiger partial charge in [-0.1, -0.05) is 6.92 Å². The largest absolute Gasteiger partial charge is 0.462 e. The van der Waals surface area contributed by atoms with Gasteiger partial charge in [0.15, 0.2) is 0 Å². The number of anilines is 1. The molecule has 6 nitrogen and oxygen atoms in total. The van der Waals surface area contributed by atoms with Crippen LogP contribution >= 0.6 is 0 Å². The van der Waals surface area contributed by atoms with Crippen molar-refractivity contribution in [3.8, 4) is 0 Å². The Hall–Kier alpha value is -2.11. The minimum atomic E-state index is -0.341. The van der Waals surface area contributed by atoms with Gasteiger partial charge in [0.05, 0.1) is 12.2 Å². The molecule has 0 bridgehead atoms. The molecule has 2 aliphatic heterocycles. The Morgan fingerprint density at radius 1 is 1.19 bits per heavy atom. The number of esters is 1. The van der Waals surface area contributed by atoms with Gasteiger partial charge in [-0.05, 0) is 50.7 Å². The summed E-state index contributed by atoms with van der Waals surface area (Å²) in [4.78, 5) is 33.1. The van der Waals surface area contributed by atoms with E-state index in [1.54, 1.807) is 19.2 Å². The van der Waals surface area contributed by atoms with Crippen molar-refractivity contribution in [3.05, 3.63) is 23.9 Å². The smallest absolute Gasteiger partial charge is 0.339 e. The Morgan fingerprint density at radius 3 is 2.58 bits per heavy atom. The molecule has 0 saturated carbocycles. The second-order valence-corrected chi connectivity index (χ2v) is 7.42. The first-order chi connectivity index (χ1) is 12.6. The van der Waals surface area contributed by atoms with Gasteiger partial charge in [0.1, 0.15) is 5.82 Å². The molecule has 1 aromatic rings. The van der Waals surface area contributed by atoms with E-state index in [0.717, 1.165) is 51.3 Å². The first-order valence-corrected chi connectivity index (χ1v) is 9.75. The van der Waals surface area contributed by atoms with Crippen LogP contribution in [0.15, 0.2) is 18.3 Å². The van der Waals surface area contributed by atoms with Gasteiger partial charge in [0, 0.05) is 38.3 Å². The molecule has 6 heteroatoms. The Morgan fingerprint density at radius 2 is 1.96 bits per heavy atom. The van der Waals surface area contributed by atoms with Crippen LogP contribution in [-0.4, -0.2) is 54.5 Å². The Balaban J connectivity index is 1.53. The summed E-state index contributed by atoms with van der Waals surface area (Å²) < 4.78 is 4.98. The fourth-order valence-electron chi connectivity index (χ4n) is 3.91. The first kappa shape index (κ1) is 18.7. The lowest BCUT2D eigenvalue weighted by atomic mass is 9.93. The zero-order chi connectivity index (χ0) is 18.5. The molecule has 0 aromatic carbocycles. The van der Waals surface area contributed by atoms with Gasteiger partial charge in [-0.3, -0.25) is 4.79 Å². The van der Waals surface area contributed by atoms with Gasteiger partial charge in [-0.15, -0.1) is 0 Å². The maximum absolute atomic E-state index is 12.8. The molecule has 3 rings (SSSR count). The first-order valence-electron chi connectivity index (χ1n) is 9.75. The molecular formula is C20H29N3O3. The van der Waals surface area contributed by atoms with Crippen molar-refractivity contribution in [2.75, 3.05) is 37.7 Å². The standard InChI is InChI=1S/C20H29N3O3/c1-3-26-20(25)17-6-7-18(21-13-17)22-11-8-16(9-12-22)19(24)23-10-4-5-15(2)14-23/h6-7,13,15-16H,3-5,8-12,14H2,1-2H3. The van der Waals surface area contributed by atoms with Crippen LogP contribution in [0.4, 0.5) is 5.82 Å². The molecule has 26 heavy (non-hydrogen) atoms. The van der Waals surface area contributed by atoms with Gasteiger partial charge in [0.25, 0.3) is 0 Å². The molecular weight excluding hydrogens is 330 g/mol. The lowest BCUT2D eigenvalue weighted by molar-refractivity contribution is -0.137. The predicted octanol–water partition coefficient (Wildman–Crippen LogP) is 2.73. The number of nitrogens with zero attached hydrogens (tertiary/aromatic N) is 3. The van der Waals surface area contributed by atoms with E-state index in [4.69, 9.17) is 4.74 Å². The number of carbonyl (C=O) groups excluding carboxylic acids is 2. The Bertz CT molecular complexity index is 624. The molecule has 2 fully saturated rings. The van der Waals surface area contributed by atoms with Gasteiger partial charge in [-0.25, -0.2) is 9.78 Å². The summed E-state index contributed by atoms with van der Waals surface area (Å²) >= 11 is 0. The summed E-state index contributed by atoms with van der Waals surface area (Å²) in [6, 6.07) is 3.62. The van der Waals surface area contributed by atoms with Crippen molar-refractivity contribution in [1.82, 2.24) is 9.88 Å². The fourth-order valence-corrected chi connectivity index (χ4v) is 3.91. The molecule has 1 amide bonds. The Kier molecular flexibility index (Phi) is 6.12. The number of aromatic nitrogens is 1. The molecule has 0 N–H and O–H groups in total. The van der Waals surface area contributed by atoms with Gasteiger partial charge in [0.2, 0.25) is 5.91 Å². The lowest BCUT2D eigenvalue weighted by Gasteiger charge is -2.37. The number of rotatable bonds is 4. The molecule has 0 aliphatic carbocycles. The van der Waals surface area contributed by atoms with E-state index in [1.165, 1.54) is 6.42 Å². The summed E-state index contributed by atoms with van der Waals surface area (Å²) in [7, 11) is 0. The van der Waals surface area contributed by atoms with Crippen LogP contribution in [0.5, 0.6) is 0 Å². The monoisotopic (exact) mass is 359 g/mol. The summed E-state index contributed by atoms with van der Waals surface area (Å²) in [6.45, 7) is 7.86. The number of ether oxygens (including phenoxy) is 1. The van der Waals surface area contributed by atoms with E-state index in [0.29, 0.717) is 24.0 Å². The van der Waals surface area contributed by atoms with Crippen LogP contribution in [0.25, 0.3) is 0 Å². The van der Waals surface area contributed by atoms with Crippen molar-refractivity contribution in [1.29, 1.82) is 0 Å². The Labute approximate surface area is 155 Å². The molecule has 2 saturated heterocycles. The topological polar surface area (TPSA) is 62.7 Å². The molecule has 0 spiro atoms. The highest BCUT2D eigenvalue weighted by Gasteiger charge is 2.30. The number of hydrogen-bond acceptors (Lipinski definition) is 5. The van der Waals surface area contributed by atoms with Gasteiger partial charge < -0.3 is 14.5 Å². The van der Waals surface area contributed by atoms with Crippen LogP contribution in [0.3, 0.4) is 0 Å². The van der Waals surface area contributed by atoms with E-state index < -0.39 is 0 Å². The maximum Gasteiger partial charge on any atom is 0.339 e. The van der Waals surface area contributed by atoms with Crippen LogP contribution < -0.4 is 4.90 Å². The number of likely N-dealkylation sites (tertiary alicyclic amines) is 1. The van der Waals surface area contributed by atoms with Crippen molar-refractivity contribution < 1.29 is 14.3 Å². The number of hydrogen-bond donors (Lipinski definition) is 0. The second kappa shape index (κ2) is 8.52. The van der Waals surface area contributed by atoms with Crippen LogP contribution in [-0.2, 0) is 9.53 Å². The van der Waals surface area contributed by atoms with Crippen molar-refractivity contribution in [3.63, 3.8) is 0 Å². The average Bonchev–Trinajstić information content (AvgIpc) is 2.68. The molecule has 2 aliphatic rings. The lowest BCUT2D eigenvalue weighted by Crippen LogP contribution is -2.46.